The van der Waals surface area contributed by atoms with Crippen molar-refractivity contribution in [2.24, 2.45) is 5.73 Å². The first-order valence-corrected chi connectivity index (χ1v) is 6.36. The summed E-state index contributed by atoms with van der Waals surface area (Å²) in [5, 5.41) is 2.85. The van der Waals surface area contributed by atoms with E-state index >= 15 is 0 Å². The minimum atomic E-state index is -0.200. The van der Waals surface area contributed by atoms with E-state index in [1.165, 1.54) is 0 Å². The largest absolute Gasteiger partial charge is 0.389 e. The summed E-state index contributed by atoms with van der Waals surface area (Å²) in [4.78, 5) is 14.1. The molecule has 0 aromatic heterocycles. The SMILES string of the molecule is Cc1ccc(C(N)=S)c(N2CCNC(=O)C2C)c1. The highest BCUT2D eigenvalue weighted by Gasteiger charge is 2.27. The van der Waals surface area contributed by atoms with Crippen molar-refractivity contribution >= 4 is 28.8 Å². The van der Waals surface area contributed by atoms with Gasteiger partial charge in [0.1, 0.15) is 11.0 Å². The summed E-state index contributed by atoms with van der Waals surface area (Å²) in [5.74, 6) is 0.0386. The molecule has 1 aromatic carbocycles. The molecule has 2 rings (SSSR count). The Kier molecular flexibility index (Phi) is 3.52. The van der Waals surface area contributed by atoms with Gasteiger partial charge in [-0.3, -0.25) is 4.79 Å². The molecule has 5 heteroatoms. The number of aryl methyl sites for hydroxylation is 1. The van der Waals surface area contributed by atoms with E-state index in [1.54, 1.807) is 0 Å². The van der Waals surface area contributed by atoms with Gasteiger partial charge >= 0.3 is 0 Å². The molecule has 1 aliphatic rings. The van der Waals surface area contributed by atoms with E-state index in [-0.39, 0.29) is 11.9 Å². The number of rotatable bonds is 2. The zero-order chi connectivity index (χ0) is 13.3. The number of hydrogen-bond acceptors (Lipinski definition) is 3. The zero-order valence-corrected chi connectivity index (χ0v) is 11.4. The molecule has 1 aliphatic heterocycles. The lowest BCUT2D eigenvalue weighted by atomic mass is 10.1. The Morgan fingerprint density at radius 2 is 2.28 bits per heavy atom. The van der Waals surface area contributed by atoms with Crippen molar-refractivity contribution in [2.45, 2.75) is 19.9 Å². The maximum absolute atomic E-state index is 11.7. The summed E-state index contributed by atoms with van der Waals surface area (Å²) in [6, 6.07) is 5.73. The van der Waals surface area contributed by atoms with Crippen LogP contribution in [0.1, 0.15) is 18.1 Å². The molecule has 96 valence electrons. The fraction of sp³-hybridized carbons (Fsp3) is 0.385. The molecular weight excluding hydrogens is 246 g/mol. The first-order chi connectivity index (χ1) is 8.50. The first kappa shape index (κ1) is 12.8. The Morgan fingerprint density at radius 1 is 1.56 bits per heavy atom. The lowest BCUT2D eigenvalue weighted by Crippen LogP contribution is -2.54. The van der Waals surface area contributed by atoms with Gasteiger partial charge in [-0.25, -0.2) is 0 Å². The lowest BCUT2D eigenvalue weighted by Gasteiger charge is -2.36. The van der Waals surface area contributed by atoms with Crippen LogP contribution in [0.3, 0.4) is 0 Å². The molecule has 4 nitrogen and oxygen atoms in total. The van der Waals surface area contributed by atoms with Crippen molar-refractivity contribution in [1.29, 1.82) is 0 Å². The molecular formula is C13H17N3OS. The fourth-order valence-corrected chi connectivity index (χ4v) is 2.37. The van der Waals surface area contributed by atoms with Crippen LogP contribution in [0, 0.1) is 6.92 Å². The van der Waals surface area contributed by atoms with Crippen molar-refractivity contribution in [3.8, 4) is 0 Å². The number of carbonyl (C=O) groups is 1. The van der Waals surface area contributed by atoms with Crippen LogP contribution in [0.15, 0.2) is 18.2 Å². The Labute approximate surface area is 112 Å². The third-order valence-corrected chi connectivity index (χ3v) is 3.45. The van der Waals surface area contributed by atoms with Crippen LogP contribution >= 0.6 is 12.2 Å². The molecule has 0 bridgehead atoms. The number of nitrogens with two attached hydrogens (primary N) is 1. The van der Waals surface area contributed by atoms with E-state index in [0.717, 1.165) is 23.4 Å². The van der Waals surface area contributed by atoms with Gasteiger partial charge < -0.3 is 16.0 Å². The van der Waals surface area contributed by atoms with Crippen LogP contribution in [-0.2, 0) is 4.79 Å². The molecule has 1 unspecified atom stereocenters. The van der Waals surface area contributed by atoms with Crippen molar-refractivity contribution < 1.29 is 4.79 Å². The monoisotopic (exact) mass is 263 g/mol. The summed E-state index contributed by atoms with van der Waals surface area (Å²) in [6.07, 6.45) is 0. The van der Waals surface area contributed by atoms with Crippen molar-refractivity contribution in [2.75, 3.05) is 18.0 Å². The lowest BCUT2D eigenvalue weighted by molar-refractivity contribution is -0.122. The third kappa shape index (κ3) is 2.31. The molecule has 0 spiro atoms. The molecule has 1 atom stereocenters. The fourth-order valence-electron chi connectivity index (χ4n) is 2.20. The van der Waals surface area contributed by atoms with Gasteiger partial charge in [0, 0.05) is 24.3 Å². The molecule has 3 N–H and O–H groups in total. The predicted octanol–water partition coefficient (Wildman–Crippen LogP) is 0.954. The average molecular weight is 263 g/mol. The third-order valence-electron chi connectivity index (χ3n) is 3.23. The number of benzene rings is 1. The topological polar surface area (TPSA) is 58.4 Å². The van der Waals surface area contributed by atoms with Gasteiger partial charge in [-0.2, -0.15) is 0 Å². The van der Waals surface area contributed by atoms with E-state index in [0.29, 0.717) is 11.5 Å². The summed E-state index contributed by atoms with van der Waals surface area (Å²) < 4.78 is 0. The van der Waals surface area contributed by atoms with Gasteiger partial charge in [-0.1, -0.05) is 18.3 Å². The van der Waals surface area contributed by atoms with Gasteiger partial charge in [-0.05, 0) is 31.5 Å². The smallest absolute Gasteiger partial charge is 0.242 e. The normalized spacial score (nSPS) is 19.6. The minimum absolute atomic E-state index is 0.0386. The van der Waals surface area contributed by atoms with E-state index in [1.807, 2.05) is 32.0 Å². The number of carbonyl (C=O) groups excluding carboxylic acids is 1. The van der Waals surface area contributed by atoms with Crippen LogP contribution in [0.2, 0.25) is 0 Å². The van der Waals surface area contributed by atoms with Crippen LogP contribution in [-0.4, -0.2) is 30.0 Å². The van der Waals surface area contributed by atoms with E-state index in [9.17, 15) is 4.79 Å². The van der Waals surface area contributed by atoms with Gasteiger partial charge in [0.2, 0.25) is 5.91 Å². The number of thiocarbonyl (C=S) groups is 1. The molecule has 1 saturated heterocycles. The Hall–Kier alpha value is -1.62. The number of anilines is 1. The van der Waals surface area contributed by atoms with Gasteiger partial charge in [0.05, 0.1) is 0 Å². The summed E-state index contributed by atoms with van der Waals surface area (Å²) in [7, 11) is 0. The highest BCUT2D eigenvalue weighted by molar-refractivity contribution is 7.80. The van der Waals surface area contributed by atoms with Crippen molar-refractivity contribution in [3.63, 3.8) is 0 Å². The molecule has 1 amide bonds. The predicted molar refractivity (Wildman–Crippen MR) is 76.9 cm³/mol. The highest BCUT2D eigenvalue weighted by atomic mass is 32.1. The number of nitrogens with zero attached hydrogens (tertiary/aromatic N) is 1. The second-order valence-corrected chi connectivity index (χ2v) is 4.99. The standard InChI is InChI=1S/C13H17N3OS/c1-8-3-4-10(12(14)18)11(7-8)16-6-5-15-13(17)9(16)2/h3-4,7,9H,5-6H2,1-2H3,(H2,14,18)(H,15,17). The molecule has 1 aromatic rings. The number of hydrogen-bond donors (Lipinski definition) is 2. The van der Waals surface area contributed by atoms with Crippen LogP contribution < -0.4 is 16.0 Å². The summed E-state index contributed by atoms with van der Waals surface area (Å²) >= 11 is 5.08. The Bertz CT molecular complexity index is 501. The Morgan fingerprint density at radius 3 is 2.94 bits per heavy atom. The quantitative estimate of drug-likeness (QED) is 0.780. The van der Waals surface area contributed by atoms with Crippen molar-refractivity contribution in [3.05, 3.63) is 29.3 Å². The molecule has 0 radical (unpaired) electrons. The van der Waals surface area contributed by atoms with Crippen LogP contribution in [0.4, 0.5) is 5.69 Å². The second-order valence-electron chi connectivity index (χ2n) is 4.55. The maximum Gasteiger partial charge on any atom is 0.242 e. The van der Waals surface area contributed by atoms with Gasteiger partial charge in [0.25, 0.3) is 0 Å². The summed E-state index contributed by atoms with van der Waals surface area (Å²) in [5.41, 5.74) is 8.66. The molecule has 0 aliphatic carbocycles. The van der Waals surface area contributed by atoms with E-state index < -0.39 is 0 Å². The molecule has 1 fully saturated rings. The highest BCUT2D eigenvalue weighted by Crippen LogP contribution is 2.25. The van der Waals surface area contributed by atoms with Gasteiger partial charge in [0.15, 0.2) is 0 Å². The zero-order valence-electron chi connectivity index (χ0n) is 10.6. The van der Waals surface area contributed by atoms with E-state index in [2.05, 4.69) is 10.2 Å². The number of nitrogens with one attached hydrogen (secondary N) is 1. The van der Waals surface area contributed by atoms with Crippen LogP contribution in [0.5, 0.6) is 0 Å². The molecule has 18 heavy (non-hydrogen) atoms. The van der Waals surface area contributed by atoms with Crippen LogP contribution in [0.25, 0.3) is 0 Å². The van der Waals surface area contributed by atoms with E-state index in [4.69, 9.17) is 18.0 Å². The second kappa shape index (κ2) is 4.94. The minimum Gasteiger partial charge on any atom is -0.389 e. The Balaban J connectivity index is 2.45. The van der Waals surface area contributed by atoms with Crippen molar-refractivity contribution in [1.82, 2.24) is 5.32 Å². The average Bonchev–Trinajstić information content (AvgIpc) is 2.32. The number of piperazine rings is 1. The molecule has 0 saturated carbocycles. The molecule has 1 heterocycles. The maximum atomic E-state index is 11.7. The summed E-state index contributed by atoms with van der Waals surface area (Å²) in [6.45, 7) is 5.32. The number of amides is 1. The van der Waals surface area contributed by atoms with Gasteiger partial charge in [-0.15, -0.1) is 0 Å². The first-order valence-electron chi connectivity index (χ1n) is 5.95.